The highest BCUT2D eigenvalue weighted by atomic mass is 15.2. The van der Waals surface area contributed by atoms with Crippen molar-refractivity contribution < 1.29 is 0 Å². The van der Waals surface area contributed by atoms with E-state index in [1.807, 2.05) is 57.2 Å². The van der Waals surface area contributed by atoms with Crippen LogP contribution in [0.1, 0.15) is 26.3 Å². The van der Waals surface area contributed by atoms with Crippen LogP contribution in [-0.4, -0.2) is 0 Å². The number of hydrogen-bond donors (Lipinski definition) is 0. The summed E-state index contributed by atoms with van der Waals surface area (Å²) in [6.07, 6.45) is 9.17. The summed E-state index contributed by atoms with van der Waals surface area (Å²) in [5, 5.41) is 0. The molecule has 0 unspecified atom stereocenters. The molecule has 0 spiro atoms. The molecule has 0 saturated carbocycles. The van der Waals surface area contributed by atoms with Crippen LogP contribution >= 0.6 is 0 Å². The Morgan fingerprint density at radius 2 is 1.57 bits per heavy atom. The molecule has 0 aliphatic rings. The lowest BCUT2D eigenvalue weighted by molar-refractivity contribution is 1.11. The van der Waals surface area contributed by atoms with Crippen LogP contribution in [0, 0.1) is 6.92 Å². The summed E-state index contributed by atoms with van der Waals surface area (Å²) < 4.78 is 0. The first-order valence-electron chi connectivity index (χ1n) is 7.87. The molecule has 1 nitrogen and oxygen atoms in total. The summed E-state index contributed by atoms with van der Waals surface area (Å²) in [5.74, 6) is 0. The van der Waals surface area contributed by atoms with Crippen LogP contribution in [-0.2, 0) is 0 Å². The second-order valence-corrected chi connectivity index (χ2v) is 4.63. The van der Waals surface area contributed by atoms with E-state index in [4.69, 9.17) is 0 Å². The first kappa shape index (κ1) is 20.5. The van der Waals surface area contributed by atoms with Gasteiger partial charge in [0.1, 0.15) is 0 Å². The molecule has 0 aromatic heterocycles. The van der Waals surface area contributed by atoms with Gasteiger partial charge in [-0.2, -0.15) is 0 Å². The SMILES string of the molecule is C=C/C=C(\C=C)N(/C(C=C)=C(\C)C=C)c1ccccc1C.CC. The zero-order valence-electron chi connectivity index (χ0n) is 15.0. The fourth-order valence-electron chi connectivity index (χ4n) is 2.11. The Labute approximate surface area is 142 Å². The molecule has 122 valence electrons. The summed E-state index contributed by atoms with van der Waals surface area (Å²) in [6.45, 7) is 23.6. The van der Waals surface area contributed by atoms with E-state index in [1.54, 1.807) is 6.08 Å². The van der Waals surface area contributed by atoms with Crippen LogP contribution in [0.3, 0.4) is 0 Å². The Balaban J connectivity index is 0.00000232. The summed E-state index contributed by atoms with van der Waals surface area (Å²) in [5.41, 5.74) is 5.22. The number of nitrogens with zero attached hydrogens (tertiary/aromatic N) is 1. The van der Waals surface area contributed by atoms with Gasteiger partial charge in [0.05, 0.1) is 0 Å². The molecule has 1 aromatic rings. The van der Waals surface area contributed by atoms with E-state index < -0.39 is 0 Å². The van der Waals surface area contributed by atoms with E-state index in [0.717, 1.165) is 22.7 Å². The molecule has 0 aliphatic carbocycles. The predicted molar refractivity (Wildman–Crippen MR) is 107 cm³/mol. The van der Waals surface area contributed by atoms with E-state index in [9.17, 15) is 0 Å². The van der Waals surface area contributed by atoms with Gasteiger partial charge in [-0.3, -0.25) is 0 Å². The van der Waals surface area contributed by atoms with Crippen molar-refractivity contribution in [2.75, 3.05) is 4.90 Å². The molecule has 1 rings (SSSR count). The van der Waals surface area contributed by atoms with Gasteiger partial charge in [0.15, 0.2) is 0 Å². The summed E-state index contributed by atoms with van der Waals surface area (Å²) in [4.78, 5) is 2.12. The molecule has 23 heavy (non-hydrogen) atoms. The Morgan fingerprint density at radius 3 is 2.00 bits per heavy atom. The Bertz CT molecular complexity index is 615. The van der Waals surface area contributed by atoms with Gasteiger partial charge in [-0.1, -0.05) is 70.5 Å². The molecule has 0 amide bonds. The molecule has 0 radical (unpaired) electrons. The number of rotatable bonds is 7. The molecule has 0 fully saturated rings. The topological polar surface area (TPSA) is 3.24 Å². The number of aryl methyl sites for hydroxylation is 1. The molecular formula is C22H29N. The van der Waals surface area contributed by atoms with Gasteiger partial charge in [0, 0.05) is 17.1 Å². The predicted octanol–water partition coefficient (Wildman–Crippen LogP) is 6.73. The quantitative estimate of drug-likeness (QED) is 0.505. The summed E-state index contributed by atoms with van der Waals surface area (Å²) in [6, 6.07) is 8.21. The van der Waals surface area contributed by atoms with Crippen molar-refractivity contribution in [1.82, 2.24) is 0 Å². The highest BCUT2D eigenvalue weighted by molar-refractivity contribution is 5.67. The zero-order valence-corrected chi connectivity index (χ0v) is 15.0. The minimum Gasteiger partial charge on any atom is -0.310 e. The van der Waals surface area contributed by atoms with Crippen molar-refractivity contribution in [3.63, 3.8) is 0 Å². The molecule has 0 saturated heterocycles. The molecule has 1 heteroatoms. The van der Waals surface area contributed by atoms with Crippen molar-refractivity contribution in [3.8, 4) is 0 Å². The van der Waals surface area contributed by atoms with Gasteiger partial charge in [-0.15, -0.1) is 0 Å². The van der Waals surface area contributed by atoms with Crippen LogP contribution in [0.15, 0.2) is 97.9 Å². The van der Waals surface area contributed by atoms with Gasteiger partial charge in [-0.25, -0.2) is 0 Å². The average molecular weight is 307 g/mol. The largest absolute Gasteiger partial charge is 0.310 e. The maximum absolute atomic E-state index is 3.95. The fourth-order valence-corrected chi connectivity index (χ4v) is 2.11. The molecule has 0 N–H and O–H groups in total. The van der Waals surface area contributed by atoms with Crippen molar-refractivity contribution in [1.29, 1.82) is 0 Å². The lowest BCUT2D eigenvalue weighted by atomic mass is 10.1. The normalized spacial score (nSPS) is 11.4. The van der Waals surface area contributed by atoms with Crippen LogP contribution in [0.5, 0.6) is 0 Å². The van der Waals surface area contributed by atoms with Gasteiger partial charge in [0.25, 0.3) is 0 Å². The number of allylic oxidation sites excluding steroid dienone is 6. The summed E-state index contributed by atoms with van der Waals surface area (Å²) >= 11 is 0. The molecule has 0 aliphatic heterocycles. The molecule has 1 aromatic carbocycles. The Kier molecular flexibility index (Phi) is 9.86. The third-order valence-electron chi connectivity index (χ3n) is 3.26. The van der Waals surface area contributed by atoms with E-state index in [2.05, 4.69) is 50.3 Å². The van der Waals surface area contributed by atoms with Crippen LogP contribution in [0.2, 0.25) is 0 Å². The van der Waals surface area contributed by atoms with Crippen LogP contribution in [0.25, 0.3) is 0 Å². The van der Waals surface area contributed by atoms with Gasteiger partial charge in [0.2, 0.25) is 0 Å². The lowest BCUT2D eigenvalue weighted by Gasteiger charge is -2.29. The van der Waals surface area contributed by atoms with Crippen molar-refractivity contribution in [2.45, 2.75) is 27.7 Å². The fraction of sp³-hybridized carbons (Fsp3) is 0.182. The Hall–Kier alpha value is -2.54. The van der Waals surface area contributed by atoms with E-state index >= 15 is 0 Å². The van der Waals surface area contributed by atoms with Gasteiger partial charge >= 0.3 is 0 Å². The molecule has 0 atom stereocenters. The van der Waals surface area contributed by atoms with Crippen LogP contribution in [0.4, 0.5) is 5.69 Å². The molecule has 0 heterocycles. The maximum atomic E-state index is 3.95. The number of benzene rings is 1. The number of hydrogen-bond acceptors (Lipinski definition) is 1. The maximum Gasteiger partial charge on any atom is 0.0490 e. The third-order valence-corrected chi connectivity index (χ3v) is 3.26. The van der Waals surface area contributed by atoms with Crippen LogP contribution < -0.4 is 4.90 Å². The lowest BCUT2D eigenvalue weighted by Crippen LogP contribution is -2.21. The van der Waals surface area contributed by atoms with Gasteiger partial charge < -0.3 is 4.90 Å². The minimum absolute atomic E-state index is 0.940. The number of anilines is 1. The third kappa shape index (κ3) is 5.30. The van der Waals surface area contributed by atoms with Crippen molar-refractivity contribution in [3.05, 3.63) is 103 Å². The second-order valence-electron chi connectivity index (χ2n) is 4.63. The van der Waals surface area contributed by atoms with Gasteiger partial charge in [-0.05, 0) is 49.3 Å². The minimum atomic E-state index is 0.940. The highest BCUT2D eigenvalue weighted by Gasteiger charge is 2.16. The zero-order chi connectivity index (χ0) is 17.8. The van der Waals surface area contributed by atoms with E-state index in [1.165, 1.54) is 5.56 Å². The summed E-state index contributed by atoms with van der Waals surface area (Å²) in [7, 11) is 0. The molecule has 0 bridgehead atoms. The number of para-hydroxylation sites is 1. The monoisotopic (exact) mass is 307 g/mol. The smallest absolute Gasteiger partial charge is 0.0490 e. The van der Waals surface area contributed by atoms with E-state index in [0.29, 0.717) is 0 Å². The molecular weight excluding hydrogens is 278 g/mol. The Morgan fingerprint density at radius 1 is 0.957 bits per heavy atom. The van der Waals surface area contributed by atoms with Crippen molar-refractivity contribution in [2.24, 2.45) is 0 Å². The highest BCUT2D eigenvalue weighted by Crippen LogP contribution is 2.30. The first-order chi connectivity index (χ1) is 11.1. The first-order valence-corrected chi connectivity index (χ1v) is 7.87. The second kappa shape index (κ2) is 11.1. The standard InChI is InChI=1S/C20H23N.C2H6/c1-7-13-18(9-3)21(19(10-4)16(5)8-2)20-15-12-11-14-17(20)6;1-2/h7-15H,1-4H2,5-6H3;1-2H3/b18-13+,19-16+;. The average Bonchev–Trinajstić information content (AvgIpc) is 2.60. The van der Waals surface area contributed by atoms with E-state index in [-0.39, 0.29) is 0 Å². The van der Waals surface area contributed by atoms with Crippen molar-refractivity contribution >= 4 is 5.69 Å².